The van der Waals surface area contributed by atoms with E-state index in [1.54, 1.807) is 6.07 Å². The summed E-state index contributed by atoms with van der Waals surface area (Å²) in [6.07, 6.45) is 2.18. The second-order valence-electron chi connectivity index (χ2n) is 10.7. The van der Waals surface area contributed by atoms with Gasteiger partial charge in [0.15, 0.2) is 0 Å². The van der Waals surface area contributed by atoms with Gasteiger partial charge in [0.05, 0.1) is 83.3 Å². The molecule has 134 valence electrons. The van der Waals surface area contributed by atoms with E-state index in [1.807, 2.05) is 0 Å². The number of hydrogen-bond acceptors (Lipinski definition) is 3. The standard InChI is InChI=1S/C13H26B9FN2O2/c14-11(15,16)10(12(17,18)19,13(20,21)22)9(26)25-7(3-4-27-25)6-1-2-8(23)24-5-6/h1-2,5,7H,3-4,14-22H2/t7-/m0/s1. The number of pyridine rings is 1. The summed E-state index contributed by atoms with van der Waals surface area (Å²) in [4.78, 5) is 23.8. The van der Waals surface area contributed by atoms with Crippen LogP contribution >= 0.6 is 0 Å². The second-order valence-corrected chi connectivity index (χ2v) is 10.7. The van der Waals surface area contributed by atoms with Gasteiger partial charge in [-0.2, -0.15) is 4.39 Å². The van der Waals surface area contributed by atoms with Gasteiger partial charge in [-0.25, -0.2) is 10.0 Å². The number of hydrogen-bond donors (Lipinski definition) is 0. The molecular weight excluding hydrogens is 332 g/mol. The average molecular weight is 359 g/mol. The third kappa shape index (κ3) is 3.71. The van der Waals surface area contributed by atoms with E-state index in [1.165, 1.54) is 17.3 Å². The quantitative estimate of drug-likeness (QED) is 0.388. The highest BCUT2D eigenvalue weighted by Crippen LogP contribution is 2.63. The fraction of sp³-hybridized carbons (Fsp3) is 0.538. The van der Waals surface area contributed by atoms with Gasteiger partial charge in [0.25, 0.3) is 0 Å². The van der Waals surface area contributed by atoms with Crippen LogP contribution in [0, 0.1) is 11.4 Å². The summed E-state index contributed by atoms with van der Waals surface area (Å²) in [5, 5.41) is 0.616. The van der Waals surface area contributed by atoms with Crippen LogP contribution in [-0.4, -0.2) is 93.2 Å². The van der Waals surface area contributed by atoms with Crippen LogP contribution in [0.4, 0.5) is 4.39 Å². The second kappa shape index (κ2) is 7.16. The molecule has 2 heterocycles. The fourth-order valence-electron chi connectivity index (χ4n) is 6.06. The van der Waals surface area contributed by atoms with Gasteiger partial charge in [0.2, 0.25) is 11.9 Å². The van der Waals surface area contributed by atoms with Gasteiger partial charge in [-0.05, 0) is 11.6 Å². The predicted molar refractivity (Wildman–Crippen MR) is 132 cm³/mol. The predicted octanol–water partition coefficient (Wildman–Crippen LogP) is -6.67. The van der Waals surface area contributed by atoms with Crippen LogP contribution in [0.3, 0.4) is 0 Å². The van der Waals surface area contributed by atoms with Crippen molar-refractivity contribution in [1.29, 1.82) is 0 Å². The number of amides is 1. The lowest BCUT2D eigenvalue weighted by Gasteiger charge is -2.62. The zero-order chi connectivity index (χ0) is 20.8. The van der Waals surface area contributed by atoms with Crippen LogP contribution in [0.1, 0.15) is 18.0 Å². The van der Waals surface area contributed by atoms with Crippen LogP contribution in [-0.2, 0) is 9.63 Å². The summed E-state index contributed by atoms with van der Waals surface area (Å²) in [6.45, 7) is 0.461. The monoisotopic (exact) mass is 360 g/mol. The molecular formula is C13H26B9FN2O2. The maximum absolute atomic E-state index is 14.2. The highest BCUT2D eigenvalue weighted by molar-refractivity contribution is 6.71. The van der Waals surface area contributed by atoms with E-state index in [4.69, 9.17) is 4.84 Å². The number of carbonyl (C=O) groups is 1. The molecule has 1 saturated heterocycles. The molecule has 0 spiro atoms. The third-order valence-corrected chi connectivity index (χ3v) is 5.94. The zero-order valence-electron chi connectivity index (χ0n) is 18.3. The summed E-state index contributed by atoms with van der Waals surface area (Å²) < 4.78 is 13.3. The molecule has 1 amide bonds. The number of halogens is 1. The first-order valence-corrected chi connectivity index (χ1v) is 9.72. The Morgan fingerprint density at radius 2 is 1.56 bits per heavy atom. The van der Waals surface area contributed by atoms with Crippen molar-refractivity contribution in [3.8, 4) is 0 Å². The summed E-state index contributed by atoms with van der Waals surface area (Å²) in [5.74, 6) is -0.536. The minimum absolute atomic E-state index is 0.0122. The summed E-state index contributed by atoms with van der Waals surface area (Å²) in [7, 11) is 19.2. The topological polar surface area (TPSA) is 42.4 Å². The van der Waals surface area contributed by atoms with Crippen molar-refractivity contribution in [3.63, 3.8) is 0 Å². The van der Waals surface area contributed by atoms with E-state index in [2.05, 4.69) is 75.6 Å². The highest BCUT2D eigenvalue weighted by atomic mass is 19.1. The van der Waals surface area contributed by atoms with Crippen molar-refractivity contribution in [1.82, 2.24) is 10.0 Å². The number of carbonyl (C=O) groups excluding carboxylic acids is 1. The minimum atomic E-state index is -0.691. The summed E-state index contributed by atoms with van der Waals surface area (Å²) in [6, 6.07) is 2.77. The molecule has 1 aromatic heterocycles. The number of nitrogens with zero attached hydrogens (tertiary/aromatic N) is 2. The first kappa shape index (κ1) is 22.4. The molecule has 0 radical (unpaired) electrons. The first-order valence-electron chi connectivity index (χ1n) is 9.72. The fourth-order valence-corrected chi connectivity index (χ4v) is 6.06. The Labute approximate surface area is 170 Å². The molecule has 14 heteroatoms. The van der Waals surface area contributed by atoms with Gasteiger partial charge in [0.1, 0.15) is 0 Å². The number of rotatable bonds is 5. The molecule has 0 aliphatic carbocycles. The molecule has 0 bridgehead atoms. The molecule has 1 atom stereocenters. The molecule has 0 N–H and O–H groups in total. The zero-order valence-corrected chi connectivity index (χ0v) is 18.3. The van der Waals surface area contributed by atoms with E-state index in [-0.39, 0.29) is 27.3 Å². The highest BCUT2D eigenvalue weighted by Gasteiger charge is 2.62. The molecule has 4 nitrogen and oxygen atoms in total. The van der Waals surface area contributed by atoms with E-state index in [0.717, 1.165) is 5.56 Å². The first-order chi connectivity index (χ1) is 12.1. The molecule has 1 aliphatic rings. The van der Waals surface area contributed by atoms with Crippen molar-refractivity contribution < 1.29 is 14.0 Å². The van der Waals surface area contributed by atoms with Gasteiger partial charge in [-0.15, -0.1) is 0 Å². The van der Waals surface area contributed by atoms with Crippen LogP contribution in [0.5, 0.6) is 0 Å². The SMILES string of the molecule is BC(B)(B)C(C(=O)N1OCC[C@H]1c1ccc(F)nc1)(C(B)(B)B)C(B)(B)B. The van der Waals surface area contributed by atoms with Crippen molar-refractivity contribution in [3.05, 3.63) is 29.8 Å². The Hall–Kier alpha value is -0.906. The van der Waals surface area contributed by atoms with Crippen LogP contribution in [0.2, 0.25) is 15.3 Å². The molecule has 0 aromatic carbocycles. The van der Waals surface area contributed by atoms with Crippen LogP contribution in [0.15, 0.2) is 18.3 Å². The van der Waals surface area contributed by atoms with Gasteiger partial charge in [-0.1, -0.05) is 21.4 Å². The number of aromatic nitrogens is 1. The van der Waals surface area contributed by atoms with E-state index < -0.39 is 11.4 Å². The molecule has 2 rings (SSSR count). The van der Waals surface area contributed by atoms with E-state index >= 15 is 0 Å². The van der Waals surface area contributed by atoms with Crippen molar-refractivity contribution in [2.45, 2.75) is 27.8 Å². The van der Waals surface area contributed by atoms with Gasteiger partial charge < -0.3 is 0 Å². The number of hydroxylamine groups is 2. The van der Waals surface area contributed by atoms with Crippen LogP contribution in [0.25, 0.3) is 0 Å². The Balaban J connectivity index is 2.59. The minimum Gasteiger partial charge on any atom is -0.272 e. The van der Waals surface area contributed by atoms with Crippen molar-refractivity contribution >= 4 is 76.5 Å². The molecule has 1 aromatic rings. The molecule has 0 unspecified atom stereocenters. The Morgan fingerprint density at radius 3 is 1.96 bits per heavy atom. The van der Waals surface area contributed by atoms with Crippen molar-refractivity contribution in [2.24, 2.45) is 5.41 Å². The maximum atomic E-state index is 14.2. The molecule has 1 fully saturated rings. The smallest absolute Gasteiger partial charge is 0.248 e. The Bertz CT molecular complexity index is 664. The Kier molecular flexibility index (Phi) is 5.94. The van der Waals surface area contributed by atoms with E-state index in [0.29, 0.717) is 13.0 Å². The summed E-state index contributed by atoms with van der Waals surface area (Å²) >= 11 is 0. The largest absolute Gasteiger partial charge is 0.272 e. The van der Waals surface area contributed by atoms with Gasteiger partial charge in [0, 0.05) is 18.0 Å². The normalized spacial score (nSPS) is 19.1. The van der Waals surface area contributed by atoms with E-state index in [9.17, 15) is 9.18 Å². The lowest BCUT2D eigenvalue weighted by molar-refractivity contribution is -0.188. The Morgan fingerprint density at radius 1 is 1.04 bits per heavy atom. The van der Waals surface area contributed by atoms with Gasteiger partial charge >= 0.3 is 0 Å². The lowest BCUT2D eigenvalue weighted by atomic mass is 9.09. The van der Waals surface area contributed by atoms with Crippen molar-refractivity contribution in [2.75, 3.05) is 6.61 Å². The third-order valence-electron chi connectivity index (χ3n) is 5.94. The average Bonchev–Trinajstić information content (AvgIpc) is 2.93. The lowest BCUT2D eigenvalue weighted by Crippen LogP contribution is -2.64. The van der Waals surface area contributed by atoms with Gasteiger partial charge in [-0.3, -0.25) is 9.63 Å². The molecule has 27 heavy (non-hydrogen) atoms. The summed E-state index contributed by atoms with van der Waals surface area (Å²) in [5.41, 5.74) is 0.108. The van der Waals surface area contributed by atoms with Crippen LogP contribution < -0.4 is 0 Å². The maximum Gasteiger partial charge on any atom is 0.248 e. The molecule has 0 saturated carbocycles. The molecule has 1 aliphatic heterocycles.